The Morgan fingerprint density at radius 2 is 2.14 bits per heavy atom. The molecule has 0 atom stereocenters. The zero-order chi connectivity index (χ0) is 19.5. The minimum Gasteiger partial charge on any atom is -0.465 e. The van der Waals surface area contributed by atoms with Gasteiger partial charge in [0.05, 0.1) is 20.3 Å². The van der Waals surface area contributed by atoms with Crippen molar-refractivity contribution in [3.8, 4) is 11.1 Å². The SMILES string of the molecule is COC(=O)c1c(-c2cccnc2)cc(C)n2nc(CCN3CCOCC3)nc12. The summed E-state index contributed by atoms with van der Waals surface area (Å²) in [5.41, 5.74) is 3.41. The van der Waals surface area contributed by atoms with Gasteiger partial charge >= 0.3 is 5.97 Å². The first kappa shape index (κ1) is 18.5. The Morgan fingerprint density at radius 3 is 2.86 bits per heavy atom. The highest BCUT2D eigenvalue weighted by Gasteiger charge is 2.23. The molecule has 3 aromatic heterocycles. The molecule has 0 radical (unpaired) electrons. The van der Waals surface area contributed by atoms with Gasteiger partial charge in [-0.1, -0.05) is 6.07 Å². The fourth-order valence-corrected chi connectivity index (χ4v) is 3.47. The number of aryl methyl sites for hydroxylation is 1. The van der Waals surface area contributed by atoms with Crippen LogP contribution in [0.25, 0.3) is 16.8 Å². The van der Waals surface area contributed by atoms with E-state index in [1.54, 1.807) is 16.9 Å². The number of hydrogen-bond acceptors (Lipinski definition) is 7. The van der Waals surface area contributed by atoms with Crippen LogP contribution in [0, 0.1) is 6.92 Å². The Balaban J connectivity index is 1.74. The second kappa shape index (κ2) is 8.04. The summed E-state index contributed by atoms with van der Waals surface area (Å²) in [6, 6.07) is 5.69. The highest BCUT2D eigenvalue weighted by Crippen LogP contribution is 2.28. The molecular weight excluding hydrogens is 358 g/mol. The van der Waals surface area contributed by atoms with Gasteiger partial charge in [-0.2, -0.15) is 5.10 Å². The largest absolute Gasteiger partial charge is 0.465 e. The molecule has 1 saturated heterocycles. The summed E-state index contributed by atoms with van der Waals surface area (Å²) in [6.07, 6.45) is 4.14. The van der Waals surface area contributed by atoms with Crippen molar-refractivity contribution in [1.82, 2.24) is 24.5 Å². The number of rotatable bonds is 5. The third-order valence-corrected chi connectivity index (χ3v) is 4.95. The standard InChI is InChI=1S/C20H23N5O3/c1-14-12-16(15-4-3-6-21-13-15)18(20(26)27-2)19-22-17(23-25(14)19)5-7-24-8-10-28-11-9-24/h3-4,6,12-13H,5,7-11H2,1-2H3. The fraction of sp³-hybridized carbons (Fsp3) is 0.400. The van der Waals surface area contributed by atoms with Crippen molar-refractivity contribution in [1.29, 1.82) is 0 Å². The first-order chi connectivity index (χ1) is 13.7. The van der Waals surface area contributed by atoms with Crippen molar-refractivity contribution >= 4 is 11.6 Å². The van der Waals surface area contributed by atoms with Gasteiger partial charge in [0.15, 0.2) is 11.5 Å². The van der Waals surface area contributed by atoms with E-state index in [0.717, 1.165) is 49.7 Å². The molecule has 0 aliphatic carbocycles. The summed E-state index contributed by atoms with van der Waals surface area (Å²) in [6.45, 7) is 6.18. The summed E-state index contributed by atoms with van der Waals surface area (Å²) >= 11 is 0. The molecule has 1 aliphatic heterocycles. The van der Waals surface area contributed by atoms with E-state index >= 15 is 0 Å². The second-order valence-corrected chi connectivity index (χ2v) is 6.78. The van der Waals surface area contributed by atoms with Crippen LogP contribution in [0.5, 0.6) is 0 Å². The van der Waals surface area contributed by atoms with E-state index in [2.05, 4.69) is 20.0 Å². The van der Waals surface area contributed by atoms with E-state index in [9.17, 15) is 4.79 Å². The molecule has 146 valence electrons. The predicted octanol–water partition coefficient (Wildman–Crippen LogP) is 1.76. The van der Waals surface area contributed by atoms with Gasteiger partial charge in [0.2, 0.25) is 0 Å². The molecule has 3 aromatic rings. The van der Waals surface area contributed by atoms with Crippen LogP contribution in [0.1, 0.15) is 21.9 Å². The average Bonchev–Trinajstić information content (AvgIpc) is 3.18. The Labute approximate surface area is 163 Å². The van der Waals surface area contributed by atoms with E-state index in [1.807, 2.05) is 25.1 Å². The van der Waals surface area contributed by atoms with Crippen molar-refractivity contribution in [3.63, 3.8) is 0 Å². The van der Waals surface area contributed by atoms with Crippen LogP contribution in [-0.4, -0.2) is 70.4 Å². The average molecular weight is 381 g/mol. The van der Waals surface area contributed by atoms with Crippen molar-refractivity contribution in [2.24, 2.45) is 0 Å². The van der Waals surface area contributed by atoms with Gasteiger partial charge in [0.1, 0.15) is 5.56 Å². The number of aromatic nitrogens is 4. The van der Waals surface area contributed by atoms with Crippen molar-refractivity contribution < 1.29 is 14.3 Å². The number of pyridine rings is 2. The summed E-state index contributed by atoms with van der Waals surface area (Å²) in [7, 11) is 1.38. The van der Waals surface area contributed by atoms with E-state index in [-0.39, 0.29) is 0 Å². The van der Waals surface area contributed by atoms with Gasteiger partial charge in [-0.25, -0.2) is 14.3 Å². The van der Waals surface area contributed by atoms with E-state index < -0.39 is 5.97 Å². The smallest absolute Gasteiger partial charge is 0.342 e. The van der Waals surface area contributed by atoms with Gasteiger partial charge < -0.3 is 9.47 Å². The lowest BCUT2D eigenvalue weighted by Gasteiger charge is -2.25. The molecule has 0 amide bonds. The molecule has 1 fully saturated rings. The molecule has 4 rings (SSSR count). The van der Waals surface area contributed by atoms with Crippen LogP contribution in [0.15, 0.2) is 30.6 Å². The topological polar surface area (TPSA) is 81.8 Å². The second-order valence-electron chi connectivity index (χ2n) is 6.78. The minimum absolute atomic E-state index is 0.409. The lowest BCUT2D eigenvalue weighted by Crippen LogP contribution is -2.37. The Kier molecular flexibility index (Phi) is 5.31. The molecule has 8 heteroatoms. The molecule has 0 aromatic carbocycles. The van der Waals surface area contributed by atoms with Gasteiger partial charge in [0, 0.05) is 55.3 Å². The monoisotopic (exact) mass is 381 g/mol. The third kappa shape index (κ3) is 3.61. The normalized spacial score (nSPS) is 15.1. The van der Waals surface area contributed by atoms with Gasteiger partial charge in [-0.15, -0.1) is 0 Å². The number of nitrogens with zero attached hydrogens (tertiary/aromatic N) is 5. The molecule has 0 spiro atoms. The summed E-state index contributed by atoms with van der Waals surface area (Å²) in [5.74, 6) is 0.277. The van der Waals surface area contributed by atoms with Crippen LogP contribution in [0.4, 0.5) is 0 Å². The molecule has 8 nitrogen and oxygen atoms in total. The van der Waals surface area contributed by atoms with Crippen LogP contribution in [0.3, 0.4) is 0 Å². The zero-order valence-electron chi connectivity index (χ0n) is 16.1. The molecule has 0 unspecified atom stereocenters. The Hall–Kier alpha value is -2.84. The predicted molar refractivity (Wildman–Crippen MR) is 103 cm³/mol. The maximum absolute atomic E-state index is 12.6. The number of fused-ring (bicyclic) bond motifs is 1. The summed E-state index contributed by atoms with van der Waals surface area (Å²) in [5, 5.41) is 4.63. The Bertz CT molecular complexity index is 980. The summed E-state index contributed by atoms with van der Waals surface area (Å²) in [4.78, 5) is 23.8. The van der Waals surface area contributed by atoms with Gasteiger partial charge in [-0.3, -0.25) is 9.88 Å². The van der Waals surface area contributed by atoms with Crippen LogP contribution in [-0.2, 0) is 15.9 Å². The number of hydrogen-bond donors (Lipinski definition) is 0. The van der Waals surface area contributed by atoms with Crippen LogP contribution >= 0.6 is 0 Å². The molecule has 4 heterocycles. The molecule has 28 heavy (non-hydrogen) atoms. The fourth-order valence-electron chi connectivity index (χ4n) is 3.47. The van der Waals surface area contributed by atoms with Crippen molar-refractivity contribution in [3.05, 3.63) is 47.7 Å². The van der Waals surface area contributed by atoms with Crippen LogP contribution in [0.2, 0.25) is 0 Å². The highest BCUT2D eigenvalue weighted by atomic mass is 16.5. The number of carbonyl (C=O) groups is 1. The summed E-state index contributed by atoms with van der Waals surface area (Å²) < 4.78 is 12.2. The first-order valence-corrected chi connectivity index (χ1v) is 9.35. The van der Waals surface area contributed by atoms with E-state index in [4.69, 9.17) is 9.47 Å². The van der Waals surface area contributed by atoms with Gasteiger partial charge in [0.25, 0.3) is 0 Å². The van der Waals surface area contributed by atoms with Gasteiger partial charge in [-0.05, 0) is 19.1 Å². The van der Waals surface area contributed by atoms with Crippen molar-refractivity contribution in [2.75, 3.05) is 40.0 Å². The minimum atomic E-state index is -0.434. The number of morpholine rings is 1. The number of carbonyl (C=O) groups excluding carboxylic acids is 1. The Morgan fingerprint density at radius 1 is 1.32 bits per heavy atom. The zero-order valence-corrected chi connectivity index (χ0v) is 16.1. The molecule has 0 bridgehead atoms. The molecule has 1 aliphatic rings. The van der Waals surface area contributed by atoms with Crippen molar-refractivity contribution in [2.45, 2.75) is 13.3 Å². The highest BCUT2D eigenvalue weighted by molar-refractivity contribution is 6.03. The molecule has 0 N–H and O–H groups in total. The van der Waals surface area contributed by atoms with E-state index in [1.165, 1.54) is 7.11 Å². The maximum Gasteiger partial charge on any atom is 0.342 e. The number of ether oxygens (including phenoxy) is 2. The molecule has 0 saturated carbocycles. The first-order valence-electron chi connectivity index (χ1n) is 9.35. The lowest BCUT2D eigenvalue weighted by molar-refractivity contribution is 0.0382. The van der Waals surface area contributed by atoms with Crippen LogP contribution < -0.4 is 0 Å². The quantitative estimate of drug-likeness (QED) is 0.623. The third-order valence-electron chi connectivity index (χ3n) is 4.95. The lowest BCUT2D eigenvalue weighted by atomic mass is 10.0. The number of esters is 1. The maximum atomic E-state index is 12.6. The van der Waals surface area contributed by atoms with E-state index in [0.29, 0.717) is 23.5 Å². The molecular formula is C20H23N5O3. The number of methoxy groups -OCH3 is 1.